The molecule has 1 atom stereocenters. The number of alkyl halides is 3. The number of hydrogen-bond acceptors (Lipinski definition) is 6. The first-order valence-corrected chi connectivity index (χ1v) is 11.5. The van der Waals surface area contributed by atoms with Crippen LogP contribution in [0.3, 0.4) is 0 Å². The zero-order valence-electron chi connectivity index (χ0n) is 19.9. The van der Waals surface area contributed by atoms with Crippen LogP contribution in [0, 0.1) is 5.41 Å². The molecular formula is C25H30F3N3O5. The number of halogens is 3. The van der Waals surface area contributed by atoms with Crippen molar-refractivity contribution in [3.63, 3.8) is 0 Å². The van der Waals surface area contributed by atoms with Gasteiger partial charge in [0.25, 0.3) is 5.91 Å². The molecule has 1 aromatic heterocycles. The molecule has 2 aliphatic rings. The van der Waals surface area contributed by atoms with E-state index in [2.05, 4.69) is 23.0 Å². The maximum Gasteiger partial charge on any atom is 0.490 e. The molecular weight excluding hydrogens is 479 g/mol. The molecule has 0 saturated carbocycles. The van der Waals surface area contributed by atoms with Crippen LogP contribution in [0.4, 0.5) is 13.2 Å². The van der Waals surface area contributed by atoms with E-state index in [-0.39, 0.29) is 23.2 Å². The second kappa shape index (κ2) is 11.7. The maximum absolute atomic E-state index is 12.7. The summed E-state index contributed by atoms with van der Waals surface area (Å²) >= 11 is 0. The van der Waals surface area contributed by atoms with Crippen molar-refractivity contribution in [3.05, 3.63) is 59.9 Å². The molecule has 1 spiro atoms. The molecule has 8 nitrogen and oxygen atoms in total. The number of likely N-dealkylation sites (N-methyl/N-ethyl adjacent to an activating group) is 1. The molecule has 2 N–H and O–H groups in total. The molecule has 2 saturated heterocycles. The van der Waals surface area contributed by atoms with Crippen molar-refractivity contribution in [2.45, 2.75) is 38.1 Å². The van der Waals surface area contributed by atoms with Crippen molar-refractivity contribution in [1.29, 1.82) is 0 Å². The molecule has 2 fully saturated rings. The lowest BCUT2D eigenvalue weighted by molar-refractivity contribution is -0.192. The lowest BCUT2D eigenvalue weighted by Gasteiger charge is -2.38. The fraction of sp³-hybridized carbons (Fsp3) is 0.480. The number of aromatic hydroxyl groups is 1. The summed E-state index contributed by atoms with van der Waals surface area (Å²) in [6.07, 6.45) is 1.90. The molecule has 36 heavy (non-hydrogen) atoms. The summed E-state index contributed by atoms with van der Waals surface area (Å²) in [6.45, 7) is 4.10. The highest BCUT2D eigenvalue weighted by Gasteiger charge is 2.43. The molecule has 3 heterocycles. The Kier molecular flexibility index (Phi) is 8.91. The van der Waals surface area contributed by atoms with Crippen LogP contribution in [0.25, 0.3) is 0 Å². The number of rotatable bonds is 5. The van der Waals surface area contributed by atoms with E-state index in [4.69, 9.17) is 14.6 Å². The van der Waals surface area contributed by atoms with Crippen molar-refractivity contribution in [2.24, 2.45) is 5.41 Å². The number of hydrogen-bond donors (Lipinski definition) is 2. The minimum Gasteiger partial charge on any atom is -0.508 e. The van der Waals surface area contributed by atoms with Gasteiger partial charge < -0.3 is 19.8 Å². The molecule has 0 aliphatic carbocycles. The van der Waals surface area contributed by atoms with Gasteiger partial charge in [-0.05, 0) is 67.6 Å². The standard InChI is InChI=1S/C23H29N3O3.C2HF3O2/c1-25(15-18-3-2-10-24-14-18)16-21-13-23(17-29-21)8-11-26(12-9-23)22(28)19-4-6-20(27)7-5-19;3-2(4,5)1(6)7/h2-7,10,14,21,27H,8-9,11-13,15-17H2,1H3;(H,6,7). The topological polar surface area (TPSA) is 103 Å². The van der Waals surface area contributed by atoms with Gasteiger partial charge in [-0.2, -0.15) is 13.2 Å². The predicted molar refractivity (Wildman–Crippen MR) is 124 cm³/mol. The highest BCUT2D eigenvalue weighted by Crippen LogP contribution is 2.42. The number of likely N-dealkylation sites (tertiary alicyclic amines) is 1. The quantitative estimate of drug-likeness (QED) is 0.635. The Morgan fingerprint density at radius 1 is 1.19 bits per heavy atom. The number of ether oxygens (including phenoxy) is 1. The van der Waals surface area contributed by atoms with Crippen LogP contribution in [0.15, 0.2) is 48.8 Å². The Hall–Kier alpha value is -3.18. The number of carboxylic acids is 1. The number of pyridine rings is 1. The van der Waals surface area contributed by atoms with Gasteiger partial charge in [-0.15, -0.1) is 0 Å². The molecule has 0 bridgehead atoms. The Bertz CT molecular complexity index is 1010. The number of aromatic nitrogens is 1. The summed E-state index contributed by atoms with van der Waals surface area (Å²) in [4.78, 5) is 30.0. The molecule has 0 radical (unpaired) electrons. The first-order valence-electron chi connectivity index (χ1n) is 11.5. The highest BCUT2D eigenvalue weighted by atomic mass is 19.4. The van der Waals surface area contributed by atoms with Crippen molar-refractivity contribution in [2.75, 3.05) is 33.3 Å². The number of aliphatic carboxylic acids is 1. The van der Waals surface area contributed by atoms with Gasteiger partial charge in [0.05, 0.1) is 12.7 Å². The molecule has 4 rings (SSSR count). The van der Waals surface area contributed by atoms with Crippen molar-refractivity contribution < 1.29 is 37.7 Å². The average Bonchev–Trinajstić information content (AvgIpc) is 3.21. The van der Waals surface area contributed by atoms with Crippen LogP contribution in [0.1, 0.15) is 35.2 Å². The van der Waals surface area contributed by atoms with E-state index in [0.29, 0.717) is 5.56 Å². The predicted octanol–water partition coefficient (Wildman–Crippen LogP) is 3.56. The van der Waals surface area contributed by atoms with E-state index in [9.17, 15) is 23.1 Å². The fourth-order valence-electron chi connectivity index (χ4n) is 4.55. The van der Waals surface area contributed by atoms with Gasteiger partial charge in [-0.25, -0.2) is 4.79 Å². The summed E-state index contributed by atoms with van der Waals surface area (Å²) in [5.41, 5.74) is 2.05. The van der Waals surface area contributed by atoms with E-state index in [0.717, 1.165) is 52.0 Å². The van der Waals surface area contributed by atoms with Crippen LogP contribution in [-0.4, -0.2) is 82.4 Å². The zero-order valence-corrected chi connectivity index (χ0v) is 19.9. The van der Waals surface area contributed by atoms with Gasteiger partial charge in [-0.1, -0.05) is 6.07 Å². The second-order valence-corrected chi connectivity index (χ2v) is 9.34. The van der Waals surface area contributed by atoms with Crippen LogP contribution in [-0.2, 0) is 16.1 Å². The Labute approximate surface area is 207 Å². The Balaban J connectivity index is 0.000000454. The van der Waals surface area contributed by atoms with Gasteiger partial charge >= 0.3 is 12.1 Å². The SMILES string of the molecule is CN(Cc1cccnc1)CC1CC2(CCN(C(=O)c3ccc(O)cc3)CC2)CO1.O=C(O)C(F)(F)F. The molecule has 2 aromatic rings. The first-order chi connectivity index (χ1) is 17.0. The molecule has 1 unspecified atom stereocenters. The summed E-state index contributed by atoms with van der Waals surface area (Å²) in [6, 6.07) is 10.6. The average molecular weight is 510 g/mol. The van der Waals surface area contributed by atoms with Crippen LogP contribution in [0.2, 0.25) is 0 Å². The number of carboxylic acid groups (broad SMARTS) is 1. The molecule has 1 amide bonds. The third-order valence-corrected chi connectivity index (χ3v) is 6.44. The number of amides is 1. The third kappa shape index (κ3) is 7.66. The number of carbonyl (C=O) groups excluding carboxylic acids is 1. The second-order valence-electron chi connectivity index (χ2n) is 9.34. The minimum atomic E-state index is -5.08. The Morgan fingerprint density at radius 3 is 2.39 bits per heavy atom. The molecule has 2 aliphatic heterocycles. The van der Waals surface area contributed by atoms with Crippen molar-refractivity contribution in [1.82, 2.24) is 14.8 Å². The van der Waals surface area contributed by atoms with E-state index in [1.165, 1.54) is 5.56 Å². The molecule has 196 valence electrons. The number of benzene rings is 1. The van der Waals surface area contributed by atoms with Gasteiger partial charge in [0, 0.05) is 44.1 Å². The summed E-state index contributed by atoms with van der Waals surface area (Å²) in [5.74, 6) is -2.53. The van der Waals surface area contributed by atoms with Gasteiger partial charge in [-0.3, -0.25) is 14.7 Å². The summed E-state index contributed by atoms with van der Waals surface area (Å²) in [5, 5.41) is 16.5. The van der Waals surface area contributed by atoms with Crippen molar-refractivity contribution in [3.8, 4) is 5.75 Å². The van der Waals surface area contributed by atoms with Gasteiger partial charge in [0.15, 0.2) is 0 Å². The maximum atomic E-state index is 12.7. The number of nitrogens with zero attached hydrogens (tertiary/aromatic N) is 3. The Morgan fingerprint density at radius 2 is 1.83 bits per heavy atom. The van der Waals surface area contributed by atoms with E-state index in [1.807, 2.05) is 17.2 Å². The monoisotopic (exact) mass is 509 g/mol. The largest absolute Gasteiger partial charge is 0.508 e. The first kappa shape index (κ1) is 27.4. The van der Waals surface area contributed by atoms with Crippen LogP contribution in [0.5, 0.6) is 5.75 Å². The molecule has 1 aromatic carbocycles. The van der Waals surface area contributed by atoms with Crippen molar-refractivity contribution >= 4 is 11.9 Å². The smallest absolute Gasteiger partial charge is 0.490 e. The van der Waals surface area contributed by atoms with Gasteiger partial charge in [0.2, 0.25) is 0 Å². The number of phenols is 1. The van der Waals surface area contributed by atoms with E-state index in [1.54, 1.807) is 30.5 Å². The van der Waals surface area contributed by atoms with Gasteiger partial charge in [0.1, 0.15) is 5.75 Å². The van der Waals surface area contributed by atoms with E-state index < -0.39 is 12.1 Å². The summed E-state index contributed by atoms with van der Waals surface area (Å²) in [7, 11) is 2.13. The summed E-state index contributed by atoms with van der Waals surface area (Å²) < 4.78 is 37.9. The third-order valence-electron chi connectivity index (χ3n) is 6.44. The minimum absolute atomic E-state index is 0.0477. The molecule has 11 heteroatoms. The zero-order chi connectivity index (χ0) is 26.3. The lowest BCUT2D eigenvalue weighted by atomic mass is 9.76. The van der Waals surface area contributed by atoms with Crippen LogP contribution >= 0.6 is 0 Å². The van der Waals surface area contributed by atoms with Crippen LogP contribution < -0.4 is 0 Å². The normalized spacial score (nSPS) is 19.1. The van der Waals surface area contributed by atoms with E-state index >= 15 is 0 Å². The number of carbonyl (C=O) groups is 2. The lowest BCUT2D eigenvalue weighted by Crippen LogP contribution is -2.43. The number of piperidine rings is 1. The number of phenolic OH excluding ortho intramolecular Hbond substituents is 1. The fourth-order valence-corrected chi connectivity index (χ4v) is 4.55. The highest BCUT2D eigenvalue weighted by molar-refractivity contribution is 5.94.